The zero-order valence-corrected chi connectivity index (χ0v) is 19.2. The topological polar surface area (TPSA) is 111 Å². The third-order valence-corrected chi connectivity index (χ3v) is 6.54. The molecule has 0 aromatic carbocycles. The molecule has 0 saturated carbocycles. The molecule has 0 aliphatic carbocycles. The average molecular weight is 453 g/mol. The Bertz CT molecular complexity index is 1220. The molecule has 11 nitrogen and oxygen atoms in total. The molecule has 2 aliphatic rings. The van der Waals surface area contributed by atoms with E-state index in [4.69, 9.17) is 9.72 Å². The molecule has 11 heteroatoms. The number of amides is 2. The quantitative estimate of drug-likeness (QED) is 0.552. The van der Waals surface area contributed by atoms with Gasteiger partial charge in [-0.2, -0.15) is 10.1 Å². The fourth-order valence-electron chi connectivity index (χ4n) is 4.63. The third kappa shape index (κ3) is 3.81. The van der Waals surface area contributed by atoms with Crippen LogP contribution < -0.4 is 4.74 Å². The first kappa shape index (κ1) is 21.4. The molecule has 1 unspecified atom stereocenters. The lowest BCUT2D eigenvalue weighted by Gasteiger charge is -2.21. The van der Waals surface area contributed by atoms with Gasteiger partial charge in [0, 0.05) is 45.2 Å². The highest BCUT2D eigenvalue weighted by atomic mass is 16.5. The molecule has 2 saturated heterocycles. The van der Waals surface area contributed by atoms with E-state index in [1.807, 2.05) is 29.4 Å². The van der Waals surface area contributed by atoms with E-state index >= 15 is 0 Å². The van der Waals surface area contributed by atoms with Crippen LogP contribution in [0, 0.1) is 6.92 Å². The van der Waals surface area contributed by atoms with Gasteiger partial charge in [-0.25, -0.2) is 9.97 Å². The van der Waals surface area contributed by atoms with E-state index in [2.05, 4.69) is 22.0 Å². The van der Waals surface area contributed by atoms with Crippen molar-refractivity contribution in [1.82, 2.24) is 39.1 Å². The van der Waals surface area contributed by atoms with E-state index in [-0.39, 0.29) is 24.5 Å². The van der Waals surface area contributed by atoms with Crippen LogP contribution in [0.4, 0.5) is 0 Å². The number of aromatic nitrogens is 6. The number of likely N-dealkylation sites (tertiary alicyclic amines) is 2. The zero-order valence-electron chi connectivity index (χ0n) is 19.2. The fraction of sp³-hybridized carbons (Fsp3) is 0.545. The number of fused-ring (bicyclic) bond motifs is 1. The minimum absolute atomic E-state index is 0.0345. The highest BCUT2D eigenvalue weighted by Crippen LogP contribution is 2.30. The number of ether oxygens (including phenoxy) is 1. The molecule has 2 amide bonds. The number of carbonyl (C=O) groups is 2. The van der Waals surface area contributed by atoms with Crippen molar-refractivity contribution in [2.45, 2.75) is 45.8 Å². The average Bonchev–Trinajstić information content (AvgIpc) is 3.58. The number of rotatable bonds is 6. The number of imidazole rings is 1. The fourth-order valence-corrected chi connectivity index (χ4v) is 4.63. The van der Waals surface area contributed by atoms with E-state index in [1.54, 1.807) is 9.80 Å². The first-order chi connectivity index (χ1) is 16.0. The molecule has 5 heterocycles. The first-order valence-corrected chi connectivity index (χ1v) is 11.4. The van der Waals surface area contributed by atoms with Crippen molar-refractivity contribution in [3.8, 4) is 17.3 Å². The van der Waals surface area contributed by atoms with E-state index in [0.29, 0.717) is 49.5 Å². The Balaban J connectivity index is 1.33. The van der Waals surface area contributed by atoms with Crippen molar-refractivity contribution in [1.29, 1.82) is 0 Å². The largest absolute Gasteiger partial charge is 0.471 e. The van der Waals surface area contributed by atoms with Gasteiger partial charge in [0.1, 0.15) is 18.3 Å². The summed E-state index contributed by atoms with van der Waals surface area (Å²) in [4.78, 5) is 41.4. The normalized spacial score (nSPS) is 18.6. The predicted octanol–water partition coefficient (Wildman–Crippen LogP) is 1.16. The summed E-state index contributed by atoms with van der Waals surface area (Å²) in [5.41, 5.74) is 3.24. The Morgan fingerprint density at radius 1 is 1.27 bits per heavy atom. The van der Waals surface area contributed by atoms with Crippen LogP contribution in [-0.2, 0) is 23.2 Å². The number of nitrogens with zero attached hydrogens (tertiary/aromatic N) is 8. The maximum Gasteiger partial charge on any atom is 0.245 e. The molecule has 0 spiro atoms. The van der Waals surface area contributed by atoms with Gasteiger partial charge in [-0.05, 0) is 20.3 Å². The van der Waals surface area contributed by atoms with Gasteiger partial charge in [0.2, 0.25) is 17.7 Å². The smallest absolute Gasteiger partial charge is 0.245 e. The van der Waals surface area contributed by atoms with Crippen molar-refractivity contribution in [3.05, 3.63) is 18.2 Å². The van der Waals surface area contributed by atoms with Crippen LogP contribution in [0.2, 0.25) is 0 Å². The Morgan fingerprint density at radius 2 is 2.12 bits per heavy atom. The van der Waals surface area contributed by atoms with Crippen LogP contribution in [-0.4, -0.2) is 83.2 Å². The molecule has 33 heavy (non-hydrogen) atoms. The molecular formula is C22H28N8O3. The van der Waals surface area contributed by atoms with Gasteiger partial charge in [-0.3, -0.25) is 14.3 Å². The summed E-state index contributed by atoms with van der Waals surface area (Å²) >= 11 is 0. The minimum Gasteiger partial charge on any atom is -0.471 e. The van der Waals surface area contributed by atoms with Gasteiger partial charge in [0.15, 0.2) is 11.2 Å². The minimum atomic E-state index is -0.184. The summed E-state index contributed by atoms with van der Waals surface area (Å²) in [5.74, 6) is 1.19. The van der Waals surface area contributed by atoms with Gasteiger partial charge in [-0.1, -0.05) is 0 Å². The lowest BCUT2D eigenvalue weighted by Crippen LogP contribution is -2.40. The van der Waals surface area contributed by atoms with Crippen LogP contribution in [0.5, 0.6) is 5.88 Å². The number of hydrogen-bond acceptors (Lipinski definition) is 7. The second-order valence-corrected chi connectivity index (χ2v) is 8.59. The molecule has 0 N–H and O–H groups in total. The monoisotopic (exact) mass is 452 g/mol. The molecule has 2 fully saturated rings. The maximum absolute atomic E-state index is 12.6. The summed E-state index contributed by atoms with van der Waals surface area (Å²) in [6.45, 7) is 6.74. The molecule has 5 rings (SSSR count). The van der Waals surface area contributed by atoms with E-state index in [0.717, 1.165) is 30.0 Å². The summed E-state index contributed by atoms with van der Waals surface area (Å²) < 4.78 is 10.0. The zero-order chi connectivity index (χ0) is 23.1. The van der Waals surface area contributed by atoms with Gasteiger partial charge in [0.05, 0.1) is 24.8 Å². The number of carbonyl (C=O) groups excluding carboxylic acids is 2. The van der Waals surface area contributed by atoms with Crippen LogP contribution in [0.3, 0.4) is 0 Å². The van der Waals surface area contributed by atoms with Gasteiger partial charge >= 0.3 is 0 Å². The second kappa shape index (κ2) is 8.45. The Kier molecular flexibility index (Phi) is 5.47. The Hall–Kier alpha value is -3.50. The Labute approximate surface area is 191 Å². The summed E-state index contributed by atoms with van der Waals surface area (Å²) in [7, 11) is 1.92. The highest BCUT2D eigenvalue weighted by molar-refractivity contribution is 5.86. The molecule has 0 radical (unpaired) electrons. The van der Waals surface area contributed by atoms with Crippen molar-refractivity contribution >= 4 is 23.0 Å². The maximum atomic E-state index is 12.6. The van der Waals surface area contributed by atoms with Crippen LogP contribution >= 0.6 is 0 Å². The van der Waals surface area contributed by atoms with E-state index in [9.17, 15) is 9.59 Å². The highest BCUT2D eigenvalue weighted by Gasteiger charge is 2.31. The molecule has 1 atom stereocenters. The molecule has 0 bridgehead atoms. The van der Waals surface area contributed by atoms with Gasteiger partial charge < -0.3 is 19.1 Å². The molecule has 174 valence electrons. The van der Waals surface area contributed by atoms with E-state index < -0.39 is 0 Å². The summed E-state index contributed by atoms with van der Waals surface area (Å²) in [5, 5.41) is 4.43. The molecule has 3 aromatic rings. The summed E-state index contributed by atoms with van der Waals surface area (Å²) in [6, 6.07) is 0. The van der Waals surface area contributed by atoms with Crippen molar-refractivity contribution in [2.75, 3.05) is 26.2 Å². The molecule has 2 aliphatic heterocycles. The SMILES string of the molecule is CCn1ncc(-c2nc3c(OC4CCN(C(=O)CN5CCCC5=O)C4)ncnc3n2C)c1C. The Morgan fingerprint density at radius 3 is 2.85 bits per heavy atom. The van der Waals surface area contributed by atoms with Crippen LogP contribution in [0.25, 0.3) is 22.6 Å². The van der Waals surface area contributed by atoms with Crippen molar-refractivity contribution in [2.24, 2.45) is 7.05 Å². The first-order valence-electron chi connectivity index (χ1n) is 11.4. The lowest BCUT2D eigenvalue weighted by atomic mass is 10.2. The standard InChI is InChI=1S/C22H28N8O3/c1-4-30-14(2)16(10-25-30)20-26-19-21(27(20)3)23-13-24-22(19)33-15-7-9-29(11-15)18(32)12-28-8-5-6-17(28)31/h10,13,15H,4-9,11-12H2,1-3H3. The second-order valence-electron chi connectivity index (χ2n) is 8.59. The van der Waals surface area contributed by atoms with Gasteiger partial charge in [0.25, 0.3) is 0 Å². The van der Waals surface area contributed by atoms with Crippen molar-refractivity contribution in [3.63, 3.8) is 0 Å². The number of hydrogen-bond donors (Lipinski definition) is 0. The molecule has 3 aromatic heterocycles. The van der Waals surface area contributed by atoms with Crippen LogP contribution in [0.1, 0.15) is 31.9 Å². The van der Waals surface area contributed by atoms with Crippen molar-refractivity contribution < 1.29 is 14.3 Å². The predicted molar refractivity (Wildman–Crippen MR) is 119 cm³/mol. The van der Waals surface area contributed by atoms with Crippen LogP contribution in [0.15, 0.2) is 12.5 Å². The number of aryl methyl sites for hydroxylation is 2. The molecular weight excluding hydrogens is 424 g/mol. The lowest BCUT2D eigenvalue weighted by molar-refractivity contribution is -0.137. The van der Waals surface area contributed by atoms with E-state index in [1.165, 1.54) is 6.33 Å². The van der Waals surface area contributed by atoms with Gasteiger partial charge in [-0.15, -0.1) is 0 Å². The third-order valence-electron chi connectivity index (χ3n) is 6.54. The summed E-state index contributed by atoms with van der Waals surface area (Å²) in [6.07, 6.45) is 5.17.